The molecule has 1 N–H and O–H groups in total. The fourth-order valence-corrected chi connectivity index (χ4v) is 4.64. The van der Waals surface area contributed by atoms with Gasteiger partial charge in [-0.2, -0.15) is 5.10 Å². The van der Waals surface area contributed by atoms with Crippen LogP contribution in [0.15, 0.2) is 36.5 Å². The molecule has 1 unspecified atom stereocenters. The van der Waals surface area contributed by atoms with Gasteiger partial charge < -0.3 is 14.7 Å². The molecule has 28 heavy (non-hydrogen) atoms. The molecule has 0 saturated carbocycles. The maximum Gasteiger partial charge on any atom is 0.320 e. The number of alkyl halides is 1. The number of carbonyl (C=O) groups is 1. The molecule has 1 aromatic carbocycles. The van der Waals surface area contributed by atoms with Crippen molar-refractivity contribution < 1.29 is 9.18 Å². The van der Waals surface area contributed by atoms with Gasteiger partial charge in [-0.25, -0.2) is 9.18 Å². The molecule has 2 aromatic rings. The molecule has 6 nitrogen and oxygen atoms in total. The van der Waals surface area contributed by atoms with Crippen LogP contribution in [-0.2, 0) is 0 Å². The van der Waals surface area contributed by atoms with Gasteiger partial charge in [0.05, 0.1) is 0 Å². The van der Waals surface area contributed by atoms with Crippen LogP contribution in [-0.4, -0.2) is 71.5 Å². The number of H-pyrrole nitrogens is 1. The van der Waals surface area contributed by atoms with Crippen molar-refractivity contribution in [3.8, 4) is 0 Å². The molecule has 2 amide bonds. The highest BCUT2D eigenvalue weighted by Crippen LogP contribution is 2.32. The van der Waals surface area contributed by atoms with E-state index < -0.39 is 6.17 Å². The summed E-state index contributed by atoms with van der Waals surface area (Å²) < 4.78 is 13.4. The van der Waals surface area contributed by atoms with Crippen LogP contribution in [0, 0.1) is 0 Å². The normalized spacial score (nSPS) is 25.4. The lowest BCUT2D eigenvalue weighted by Crippen LogP contribution is -2.53. The van der Waals surface area contributed by atoms with Gasteiger partial charge in [-0.05, 0) is 36.6 Å². The summed E-state index contributed by atoms with van der Waals surface area (Å²) in [5, 5.41) is 7.04. The van der Waals surface area contributed by atoms with E-state index in [-0.39, 0.29) is 6.03 Å². The monoisotopic (exact) mass is 383 g/mol. The van der Waals surface area contributed by atoms with Gasteiger partial charge in [0.15, 0.2) is 0 Å². The molecule has 3 saturated heterocycles. The first-order valence-corrected chi connectivity index (χ1v) is 10.2. The standard InChI is InChI=1S/C21H26FN5O/c22-18-7-10-25(14-18)19-3-1-15(2-4-19)17-12-27(13-17)21(28)26-9-6-16(11-26)20-5-8-23-24-20/h1-5,8,16-18H,6-7,9-14H2,(H,23,24)/t16-,18?/m0/s1. The minimum absolute atomic E-state index is 0.154. The van der Waals surface area contributed by atoms with Crippen molar-refractivity contribution in [3.05, 3.63) is 47.8 Å². The molecule has 1 aromatic heterocycles. The van der Waals surface area contributed by atoms with E-state index in [4.69, 9.17) is 0 Å². The third-order valence-corrected chi connectivity index (χ3v) is 6.43. The van der Waals surface area contributed by atoms with Gasteiger partial charge >= 0.3 is 6.03 Å². The predicted molar refractivity (Wildman–Crippen MR) is 105 cm³/mol. The zero-order chi connectivity index (χ0) is 19.1. The van der Waals surface area contributed by atoms with Crippen LogP contribution in [0.25, 0.3) is 0 Å². The number of rotatable bonds is 3. The van der Waals surface area contributed by atoms with Crippen molar-refractivity contribution in [2.75, 3.05) is 44.2 Å². The van der Waals surface area contributed by atoms with E-state index in [2.05, 4.69) is 39.4 Å². The number of hydrogen-bond acceptors (Lipinski definition) is 3. The summed E-state index contributed by atoms with van der Waals surface area (Å²) in [5.74, 6) is 0.766. The van der Waals surface area contributed by atoms with Crippen LogP contribution in [0.2, 0.25) is 0 Å². The average molecular weight is 383 g/mol. The fraction of sp³-hybridized carbons (Fsp3) is 0.524. The van der Waals surface area contributed by atoms with E-state index in [0.717, 1.165) is 50.5 Å². The van der Waals surface area contributed by atoms with Gasteiger partial charge in [-0.15, -0.1) is 0 Å². The van der Waals surface area contributed by atoms with Crippen LogP contribution in [0.5, 0.6) is 0 Å². The van der Waals surface area contributed by atoms with E-state index in [1.165, 1.54) is 5.56 Å². The zero-order valence-corrected chi connectivity index (χ0v) is 15.9. The number of carbonyl (C=O) groups excluding carboxylic acids is 1. The highest BCUT2D eigenvalue weighted by molar-refractivity contribution is 5.76. The number of aromatic amines is 1. The molecule has 3 aliphatic rings. The second-order valence-electron chi connectivity index (χ2n) is 8.25. The number of likely N-dealkylation sites (tertiary alicyclic amines) is 2. The summed E-state index contributed by atoms with van der Waals surface area (Å²) in [4.78, 5) is 18.8. The first-order valence-electron chi connectivity index (χ1n) is 10.2. The molecule has 4 heterocycles. The Morgan fingerprint density at radius 2 is 1.75 bits per heavy atom. The average Bonchev–Trinajstić information content (AvgIpc) is 3.42. The van der Waals surface area contributed by atoms with E-state index in [0.29, 0.717) is 24.8 Å². The Bertz CT molecular complexity index is 818. The van der Waals surface area contributed by atoms with Crippen molar-refractivity contribution in [2.24, 2.45) is 0 Å². The fourth-order valence-electron chi connectivity index (χ4n) is 4.64. The second kappa shape index (κ2) is 7.11. The number of halogens is 1. The maximum atomic E-state index is 13.4. The van der Waals surface area contributed by atoms with Crippen LogP contribution < -0.4 is 4.90 Å². The van der Waals surface area contributed by atoms with Gasteiger partial charge in [0.2, 0.25) is 0 Å². The molecule has 0 radical (unpaired) electrons. The first kappa shape index (κ1) is 17.5. The van der Waals surface area contributed by atoms with E-state index in [9.17, 15) is 9.18 Å². The van der Waals surface area contributed by atoms with Gasteiger partial charge in [-0.3, -0.25) is 5.10 Å². The van der Waals surface area contributed by atoms with Gasteiger partial charge in [0, 0.05) is 68.7 Å². The van der Waals surface area contributed by atoms with Crippen LogP contribution in [0.1, 0.15) is 35.9 Å². The van der Waals surface area contributed by atoms with Gasteiger partial charge in [0.1, 0.15) is 6.17 Å². The van der Waals surface area contributed by atoms with Gasteiger partial charge in [0.25, 0.3) is 0 Å². The molecular weight excluding hydrogens is 357 g/mol. The zero-order valence-electron chi connectivity index (χ0n) is 15.9. The van der Waals surface area contributed by atoms with E-state index in [1.807, 2.05) is 15.9 Å². The Balaban J connectivity index is 1.14. The number of amides is 2. The Labute approximate surface area is 164 Å². The highest BCUT2D eigenvalue weighted by Gasteiger charge is 2.37. The van der Waals surface area contributed by atoms with Crippen LogP contribution in [0.4, 0.5) is 14.9 Å². The molecule has 2 atom stereocenters. The summed E-state index contributed by atoms with van der Waals surface area (Å²) in [6, 6.07) is 10.6. The topological polar surface area (TPSA) is 55.5 Å². The Hall–Kier alpha value is -2.57. The SMILES string of the molecule is O=C(N1CC(c2ccc(N3CCC(F)C3)cc2)C1)N1CC[C@H](c2ccn[nH]2)C1. The quantitative estimate of drug-likeness (QED) is 0.887. The number of urea groups is 1. The lowest BCUT2D eigenvalue weighted by Gasteiger charge is -2.41. The smallest absolute Gasteiger partial charge is 0.320 e. The number of nitrogens with zero attached hydrogens (tertiary/aromatic N) is 4. The van der Waals surface area contributed by atoms with Crippen molar-refractivity contribution >= 4 is 11.7 Å². The molecule has 0 aliphatic carbocycles. The number of hydrogen-bond donors (Lipinski definition) is 1. The number of nitrogens with one attached hydrogen (secondary N) is 1. The Morgan fingerprint density at radius 3 is 2.43 bits per heavy atom. The number of anilines is 1. The van der Waals surface area contributed by atoms with Crippen LogP contribution >= 0.6 is 0 Å². The molecule has 148 valence electrons. The molecule has 5 rings (SSSR count). The second-order valence-corrected chi connectivity index (χ2v) is 8.25. The molecule has 7 heteroatoms. The summed E-state index contributed by atoms with van der Waals surface area (Å²) in [5.41, 5.74) is 3.48. The van der Waals surface area contributed by atoms with E-state index >= 15 is 0 Å². The highest BCUT2D eigenvalue weighted by atomic mass is 19.1. The summed E-state index contributed by atoms with van der Waals surface area (Å²) in [6.07, 6.45) is 2.68. The van der Waals surface area contributed by atoms with E-state index in [1.54, 1.807) is 6.20 Å². The Morgan fingerprint density at radius 1 is 0.964 bits per heavy atom. The predicted octanol–water partition coefficient (Wildman–Crippen LogP) is 2.97. The summed E-state index contributed by atoms with van der Waals surface area (Å²) in [7, 11) is 0. The minimum Gasteiger partial charge on any atom is -0.369 e. The lowest BCUT2D eigenvalue weighted by atomic mass is 9.91. The van der Waals surface area contributed by atoms with Crippen molar-refractivity contribution in [1.29, 1.82) is 0 Å². The number of aromatic nitrogens is 2. The van der Waals surface area contributed by atoms with Crippen molar-refractivity contribution in [3.63, 3.8) is 0 Å². The largest absolute Gasteiger partial charge is 0.369 e. The summed E-state index contributed by atoms with van der Waals surface area (Å²) in [6.45, 7) is 4.42. The minimum atomic E-state index is -0.704. The number of benzene rings is 1. The van der Waals surface area contributed by atoms with Gasteiger partial charge in [-0.1, -0.05) is 12.1 Å². The summed E-state index contributed by atoms with van der Waals surface area (Å²) >= 11 is 0. The molecule has 3 aliphatic heterocycles. The first-order chi connectivity index (χ1) is 13.7. The third-order valence-electron chi connectivity index (χ3n) is 6.43. The molecule has 0 spiro atoms. The molecule has 0 bridgehead atoms. The molecule has 3 fully saturated rings. The third kappa shape index (κ3) is 3.23. The molecular formula is C21H26FN5O. The Kier molecular flexibility index (Phi) is 4.45. The lowest BCUT2D eigenvalue weighted by molar-refractivity contribution is 0.121. The van der Waals surface area contributed by atoms with Crippen LogP contribution in [0.3, 0.4) is 0 Å². The van der Waals surface area contributed by atoms with Crippen molar-refractivity contribution in [1.82, 2.24) is 20.0 Å². The van der Waals surface area contributed by atoms with Crippen molar-refractivity contribution in [2.45, 2.75) is 30.8 Å². The maximum absolute atomic E-state index is 13.4.